The van der Waals surface area contributed by atoms with Crippen LogP contribution in [0.4, 0.5) is 4.79 Å². The van der Waals surface area contributed by atoms with Gasteiger partial charge in [0.05, 0.1) is 17.9 Å². The fourth-order valence-corrected chi connectivity index (χ4v) is 4.26. The molecule has 2 aromatic rings. The highest BCUT2D eigenvalue weighted by Crippen LogP contribution is 2.40. The second kappa shape index (κ2) is 6.75. The lowest BCUT2D eigenvalue weighted by Crippen LogP contribution is -2.54. The summed E-state index contributed by atoms with van der Waals surface area (Å²) in [5.74, 6) is 0.613. The van der Waals surface area contributed by atoms with Gasteiger partial charge in [-0.1, -0.05) is 28.1 Å². The molecule has 3 N–H and O–H groups in total. The molecule has 2 aliphatic rings. The highest BCUT2D eigenvalue weighted by molar-refractivity contribution is 9.10. The minimum Gasteiger partial charge on any atom is -0.465 e. The van der Waals surface area contributed by atoms with Crippen molar-refractivity contribution in [1.29, 1.82) is 0 Å². The minimum atomic E-state index is -1.16. The first kappa shape index (κ1) is 17.1. The largest absolute Gasteiger partial charge is 0.465 e. The molecular weight excluding hydrogens is 400 g/mol. The third-order valence-corrected chi connectivity index (χ3v) is 5.74. The average Bonchev–Trinajstić information content (AvgIpc) is 3.25. The minimum absolute atomic E-state index is 0.130. The van der Waals surface area contributed by atoms with Crippen LogP contribution in [0.1, 0.15) is 37.5 Å². The number of halogens is 1. The van der Waals surface area contributed by atoms with Crippen molar-refractivity contribution in [3.8, 4) is 11.3 Å². The first-order valence-corrected chi connectivity index (χ1v) is 9.44. The zero-order valence-electron chi connectivity index (χ0n) is 14.0. The molecule has 3 heterocycles. The van der Waals surface area contributed by atoms with Crippen molar-refractivity contribution in [2.24, 2.45) is 0 Å². The number of rotatable bonds is 3. The van der Waals surface area contributed by atoms with E-state index in [0.717, 1.165) is 40.8 Å². The highest BCUT2D eigenvalue weighted by Gasteiger charge is 2.45. The first-order chi connectivity index (χ1) is 12.5. The van der Waals surface area contributed by atoms with E-state index in [1.165, 1.54) is 0 Å². The number of amides is 2. The smallest absolute Gasteiger partial charge is 0.405 e. The SMILES string of the molecule is O=C(O)N[C@H]1CC[C@H]2CC[C@@H](c3ncc(-c4ccc(Br)cc4)[nH]3)N2C1=O. The van der Waals surface area contributed by atoms with Gasteiger partial charge in [0, 0.05) is 10.5 Å². The molecule has 2 fully saturated rings. The van der Waals surface area contributed by atoms with Gasteiger partial charge in [-0.2, -0.15) is 0 Å². The van der Waals surface area contributed by atoms with Gasteiger partial charge in [-0.15, -0.1) is 0 Å². The Morgan fingerprint density at radius 1 is 1.23 bits per heavy atom. The third kappa shape index (κ3) is 3.09. The average molecular weight is 419 g/mol. The number of carbonyl (C=O) groups excluding carboxylic acids is 1. The zero-order valence-corrected chi connectivity index (χ0v) is 15.6. The van der Waals surface area contributed by atoms with Gasteiger partial charge in [-0.3, -0.25) is 4.79 Å². The number of aromatic nitrogens is 2. The molecule has 7 nitrogen and oxygen atoms in total. The van der Waals surface area contributed by atoms with Crippen LogP contribution < -0.4 is 5.32 Å². The first-order valence-electron chi connectivity index (χ1n) is 8.65. The maximum absolute atomic E-state index is 12.8. The Morgan fingerprint density at radius 2 is 1.96 bits per heavy atom. The number of fused-ring (bicyclic) bond motifs is 1. The quantitative estimate of drug-likeness (QED) is 0.711. The number of piperidine rings is 1. The van der Waals surface area contributed by atoms with E-state index in [1.54, 1.807) is 6.20 Å². The molecule has 0 spiro atoms. The molecular formula is C18H19BrN4O3. The summed E-state index contributed by atoms with van der Waals surface area (Å²) in [5, 5.41) is 11.3. The van der Waals surface area contributed by atoms with Crippen LogP contribution in [-0.2, 0) is 4.79 Å². The van der Waals surface area contributed by atoms with E-state index in [-0.39, 0.29) is 18.0 Å². The number of nitrogens with one attached hydrogen (secondary N) is 2. The van der Waals surface area contributed by atoms with Gasteiger partial charge in [0.2, 0.25) is 5.91 Å². The molecule has 4 rings (SSSR count). The van der Waals surface area contributed by atoms with Crippen LogP contribution in [-0.4, -0.2) is 44.1 Å². The van der Waals surface area contributed by atoms with Gasteiger partial charge < -0.3 is 20.3 Å². The Kier molecular flexibility index (Phi) is 4.44. The molecule has 0 unspecified atom stereocenters. The molecule has 0 radical (unpaired) electrons. The van der Waals surface area contributed by atoms with Crippen molar-refractivity contribution < 1.29 is 14.7 Å². The maximum atomic E-state index is 12.8. The van der Waals surface area contributed by atoms with Gasteiger partial charge in [-0.05, 0) is 43.4 Å². The fourth-order valence-electron chi connectivity index (χ4n) is 4.00. The molecule has 0 saturated carbocycles. The van der Waals surface area contributed by atoms with Crippen molar-refractivity contribution in [3.05, 3.63) is 40.8 Å². The summed E-state index contributed by atoms with van der Waals surface area (Å²) >= 11 is 3.43. The van der Waals surface area contributed by atoms with E-state index >= 15 is 0 Å². The van der Waals surface area contributed by atoms with Crippen LogP contribution in [0.25, 0.3) is 11.3 Å². The highest BCUT2D eigenvalue weighted by atomic mass is 79.9. The van der Waals surface area contributed by atoms with Crippen LogP contribution in [0.15, 0.2) is 34.9 Å². The molecule has 0 aliphatic carbocycles. The van der Waals surface area contributed by atoms with E-state index in [2.05, 4.69) is 31.2 Å². The van der Waals surface area contributed by atoms with Gasteiger partial charge in [-0.25, -0.2) is 9.78 Å². The number of benzene rings is 1. The fraction of sp³-hybridized carbons (Fsp3) is 0.389. The van der Waals surface area contributed by atoms with Crippen molar-refractivity contribution in [1.82, 2.24) is 20.2 Å². The standard InChI is InChI=1S/C18H19BrN4O3/c19-11-3-1-10(2-4-11)14-9-20-16(21-14)15-8-6-12-5-7-13(22-18(25)26)17(24)23(12)15/h1-4,9,12-13,15,22H,5-8H2,(H,20,21)(H,25,26)/t12-,13-,15-/m0/s1. The maximum Gasteiger partial charge on any atom is 0.405 e. The molecule has 2 aliphatic heterocycles. The predicted molar refractivity (Wildman–Crippen MR) is 98.5 cm³/mol. The summed E-state index contributed by atoms with van der Waals surface area (Å²) in [6, 6.07) is 7.31. The monoisotopic (exact) mass is 418 g/mol. The molecule has 26 heavy (non-hydrogen) atoms. The number of H-pyrrole nitrogens is 1. The molecule has 2 amide bonds. The number of carbonyl (C=O) groups is 2. The predicted octanol–water partition coefficient (Wildman–Crippen LogP) is 3.30. The summed E-state index contributed by atoms with van der Waals surface area (Å²) < 4.78 is 1.01. The molecule has 3 atom stereocenters. The molecule has 136 valence electrons. The van der Waals surface area contributed by atoms with Gasteiger partial charge in [0.15, 0.2) is 0 Å². The number of imidazole rings is 1. The van der Waals surface area contributed by atoms with Crippen LogP contribution in [0, 0.1) is 0 Å². The van der Waals surface area contributed by atoms with E-state index in [0.29, 0.717) is 6.42 Å². The van der Waals surface area contributed by atoms with E-state index < -0.39 is 12.1 Å². The molecule has 1 aromatic heterocycles. The van der Waals surface area contributed by atoms with Crippen molar-refractivity contribution in [2.75, 3.05) is 0 Å². The van der Waals surface area contributed by atoms with E-state index in [4.69, 9.17) is 5.11 Å². The van der Waals surface area contributed by atoms with Crippen LogP contribution in [0.2, 0.25) is 0 Å². The molecule has 2 saturated heterocycles. The Hall–Kier alpha value is -2.35. The van der Waals surface area contributed by atoms with Crippen molar-refractivity contribution in [3.63, 3.8) is 0 Å². The van der Waals surface area contributed by atoms with Gasteiger partial charge in [0.1, 0.15) is 11.9 Å². The lowest BCUT2D eigenvalue weighted by molar-refractivity contribution is -0.139. The number of carboxylic acid groups (broad SMARTS) is 1. The second-order valence-electron chi connectivity index (χ2n) is 6.76. The molecule has 8 heteroatoms. The third-order valence-electron chi connectivity index (χ3n) is 5.21. The van der Waals surface area contributed by atoms with Gasteiger partial charge >= 0.3 is 6.09 Å². The van der Waals surface area contributed by atoms with Crippen LogP contribution >= 0.6 is 15.9 Å². The number of hydrogen-bond acceptors (Lipinski definition) is 3. The van der Waals surface area contributed by atoms with E-state index in [9.17, 15) is 9.59 Å². The van der Waals surface area contributed by atoms with Crippen molar-refractivity contribution >= 4 is 27.9 Å². The Morgan fingerprint density at radius 3 is 2.69 bits per heavy atom. The summed E-state index contributed by atoms with van der Waals surface area (Å²) in [6.45, 7) is 0. The number of aromatic amines is 1. The lowest BCUT2D eigenvalue weighted by Gasteiger charge is -2.37. The molecule has 0 bridgehead atoms. The molecule has 1 aromatic carbocycles. The van der Waals surface area contributed by atoms with E-state index in [1.807, 2.05) is 29.2 Å². The Bertz CT molecular complexity index is 835. The Labute approximate surface area is 158 Å². The second-order valence-corrected chi connectivity index (χ2v) is 7.68. The normalized spacial score (nSPS) is 25.2. The summed E-state index contributed by atoms with van der Waals surface area (Å²) in [5.41, 5.74) is 1.93. The summed E-state index contributed by atoms with van der Waals surface area (Å²) in [7, 11) is 0. The lowest BCUT2D eigenvalue weighted by atomic mass is 9.98. The number of hydrogen-bond donors (Lipinski definition) is 3. The van der Waals surface area contributed by atoms with Gasteiger partial charge in [0.25, 0.3) is 0 Å². The van der Waals surface area contributed by atoms with Crippen molar-refractivity contribution in [2.45, 2.75) is 43.8 Å². The van der Waals surface area contributed by atoms with Crippen LogP contribution in [0.5, 0.6) is 0 Å². The number of nitrogens with zero attached hydrogens (tertiary/aromatic N) is 2. The topological polar surface area (TPSA) is 98.3 Å². The van der Waals surface area contributed by atoms with Crippen LogP contribution in [0.3, 0.4) is 0 Å². The summed E-state index contributed by atoms with van der Waals surface area (Å²) in [6.07, 6.45) is 3.75. The summed E-state index contributed by atoms with van der Waals surface area (Å²) in [4.78, 5) is 33.4. The Balaban J connectivity index is 1.57. The zero-order chi connectivity index (χ0) is 18.3.